The van der Waals surface area contributed by atoms with Crippen LogP contribution in [0, 0.1) is 5.82 Å². The van der Waals surface area contributed by atoms with E-state index in [9.17, 15) is 14.0 Å². The van der Waals surface area contributed by atoms with Gasteiger partial charge >= 0.3 is 5.97 Å². The average Bonchev–Trinajstić information content (AvgIpc) is 3.09. The van der Waals surface area contributed by atoms with Gasteiger partial charge in [0.1, 0.15) is 5.54 Å². The van der Waals surface area contributed by atoms with Crippen LogP contribution in [0.5, 0.6) is 5.75 Å². The number of nitrogens with one attached hydrogen (secondary N) is 1. The van der Waals surface area contributed by atoms with Crippen molar-refractivity contribution in [2.45, 2.75) is 18.4 Å². The van der Waals surface area contributed by atoms with Crippen molar-refractivity contribution in [1.29, 1.82) is 0 Å². The number of carbonyl (C=O) groups is 2. The molecule has 0 atom stereocenters. The van der Waals surface area contributed by atoms with Crippen LogP contribution in [-0.4, -0.2) is 29.1 Å². The van der Waals surface area contributed by atoms with Crippen molar-refractivity contribution in [2.24, 2.45) is 0 Å². The molecular weight excluding hydrogens is 321 g/mol. The molecule has 102 valence electrons. The molecule has 2 rings (SSSR count). The van der Waals surface area contributed by atoms with Crippen molar-refractivity contribution >= 4 is 27.8 Å². The van der Waals surface area contributed by atoms with E-state index in [2.05, 4.69) is 21.2 Å². The van der Waals surface area contributed by atoms with Gasteiger partial charge in [0.25, 0.3) is 5.91 Å². The number of carboxylic acid groups (broad SMARTS) is 1. The quantitative estimate of drug-likeness (QED) is 0.861. The summed E-state index contributed by atoms with van der Waals surface area (Å²) in [5, 5.41) is 11.3. The molecule has 0 unspecified atom stereocenters. The zero-order chi connectivity index (χ0) is 14.0. The number of carboxylic acids is 1. The second kappa shape index (κ2) is 5.16. The van der Waals surface area contributed by atoms with E-state index < -0.39 is 29.8 Å². The number of rotatable bonds is 5. The summed E-state index contributed by atoms with van der Waals surface area (Å²) in [5.74, 6) is -2.29. The highest BCUT2D eigenvalue weighted by atomic mass is 79.9. The van der Waals surface area contributed by atoms with E-state index in [0.29, 0.717) is 17.3 Å². The highest BCUT2D eigenvalue weighted by Crippen LogP contribution is 2.35. The highest BCUT2D eigenvalue weighted by molar-refractivity contribution is 9.10. The molecule has 1 aliphatic rings. The first kappa shape index (κ1) is 13.8. The van der Waals surface area contributed by atoms with Crippen LogP contribution < -0.4 is 10.1 Å². The van der Waals surface area contributed by atoms with Crippen LogP contribution >= 0.6 is 15.9 Å². The van der Waals surface area contributed by atoms with Crippen molar-refractivity contribution < 1.29 is 23.8 Å². The maximum atomic E-state index is 13.4. The average molecular weight is 332 g/mol. The summed E-state index contributed by atoms with van der Waals surface area (Å²) in [6.45, 7) is -0.423. The Balaban J connectivity index is 1.89. The van der Waals surface area contributed by atoms with Gasteiger partial charge in [0.05, 0.1) is 0 Å². The van der Waals surface area contributed by atoms with E-state index in [0.717, 1.165) is 0 Å². The minimum atomic E-state index is -1.15. The minimum absolute atomic E-state index is 0.0569. The standard InChI is InChI=1S/C12H11BrFNO4/c13-7-1-2-9(8(14)5-7)19-6-10(16)15-12(3-4-12)11(17)18/h1-2,5H,3-4,6H2,(H,15,16)(H,17,18). The van der Waals surface area contributed by atoms with Crippen molar-refractivity contribution in [3.63, 3.8) is 0 Å². The number of halogens is 2. The third kappa shape index (κ3) is 3.23. The van der Waals surface area contributed by atoms with E-state index in [4.69, 9.17) is 9.84 Å². The smallest absolute Gasteiger partial charge is 0.329 e. The fraction of sp³-hybridized carbons (Fsp3) is 0.333. The molecule has 5 nitrogen and oxygen atoms in total. The molecule has 1 saturated carbocycles. The summed E-state index contributed by atoms with van der Waals surface area (Å²) in [6.07, 6.45) is 0.807. The van der Waals surface area contributed by atoms with Crippen molar-refractivity contribution in [3.05, 3.63) is 28.5 Å². The van der Waals surface area contributed by atoms with Gasteiger partial charge in [-0.05, 0) is 31.0 Å². The van der Waals surface area contributed by atoms with Crippen LogP contribution in [0.3, 0.4) is 0 Å². The molecule has 1 aromatic carbocycles. The first-order valence-corrected chi connectivity index (χ1v) is 6.34. The van der Waals surface area contributed by atoms with Gasteiger partial charge in [0, 0.05) is 4.47 Å². The van der Waals surface area contributed by atoms with Crippen LogP contribution in [0.15, 0.2) is 22.7 Å². The molecule has 19 heavy (non-hydrogen) atoms. The third-order valence-corrected chi connectivity index (χ3v) is 3.28. The topological polar surface area (TPSA) is 75.6 Å². The van der Waals surface area contributed by atoms with Crippen molar-refractivity contribution in [3.8, 4) is 5.75 Å². The molecular formula is C12H11BrFNO4. The molecule has 0 saturated heterocycles. The largest absolute Gasteiger partial charge is 0.481 e. The lowest BCUT2D eigenvalue weighted by atomic mass is 10.3. The van der Waals surface area contributed by atoms with Crippen molar-refractivity contribution in [2.75, 3.05) is 6.61 Å². The molecule has 0 aromatic heterocycles. The van der Waals surface area contributed by atoms with E-state index >= 15 is 0 Å². The molecule has 0 heterocycles. The van der Waals surface area contributed by atoms with Crippen LogP contribution in [0.4, 0.5) is 4.39 Å². The van der Waals surface area contributed by atoms with Crippen molar-refractivity contribution in [1.82, 2.24) is 5.32 Å². The van der Waals surface area contributed by atoms with E-state index in [1.165, 1.54) is 12.1 Å². The zero-order valence-corrected chi connectivity index (χ0v) is 11.4. The summed E-state index contributed by atoms with van der Waals surface area (Å²) in [5.41, 5.74) is -1.15. The lowest BCUT2D eigenvalue weighted by Crippen LogP contribution is -2.45. The van der Waals surface area contributed by atoms with Crippen LogP contribution in [0.1, 0.15) is 12.8 Å². The Kier molecular flexibility index (Phi) is 3.75. The van der Waals surface area contributed by atoms with Gasteiger partial charge in [-0.1, -0.05) is 15.9 Å². The Morgan fingerprint density at radius 3 is 2.68 bits per heavy atom. The Morgan fingerprint density at radius 1 is 1.47 bits per heavy atom. The molecule has 0 bridgehead atoms. The second-order valence-electron chi connectivity index (χ2n) is 4.30. The number of hydrogen-bond acceptors (Lipinski definition) is 3. The molecule has 1 aliphatic carbocycles. The molecule has 7 heteroatoms. The van der Waals surface area contributed by atoms with Gasteiger partial charge < -0.3 is 15.2 Å². The SMILES string of the molecule is O=C(COc1ccc(Br)cc1F)NC1(C(=O)O)CC1. The normalized spacial score (nSPS) is 15.7. The molecule has 1 aromatic rings. The van der Waals surface area contributed by atoms with Gasteiger partial charge in [-0.25, -0.2) is 9.18 Å². The summed E-state index contributed by atoms with van der Waals surface area (Å²) in [4.78, 5) is 22.4. The summed E-state index contributed by atoms with van der Waals surface area (Å²) in [7, 11) is 0. The first-order chi connectivity index (χ1) is 8.93. The number of hydrogen-bond donors (Lipinski definition) is 2. The number of aliphatic carboxylic acids is 1. The van der Waals surface area contributed by atoms with Crippen LogP contribution in [0.2, 0.25) is 0 Å². The van der Waals surface area contributed by atoms with Gasteiger partial charge in [-0.2, -0.15) is 0 Å². The molecule has 0 radical (unpaired) electrons. The number of benzene rings is 1. The Labute approximate surface area is 116 Å². The van der Waals surface area contributed by atoms with E-state index in [1.807, 2.05) is 0 Å². The predicted molar refractivity (Wildman–Crippen MR) is 67.3 cm³/mol. The maximum Gasteiger partial charge on any atom is 0.329 e. The molecule has 2 N–H and O–H groups in total. The number of amides is 1. The fourth-order valence-electron chi connectivity index (χ4n) is 1.56. The predicted octanol–water partition coefficient (Wildman–Crippen LogP) is 1.70. The van der Waals surface area contributed by atoms with Gasteiger partial charge in [0.2, 0.25) is 0 Å². The number of carbonyl (C=O) groups excluding carboxylic acids is 1. The van der Waals surface area contributed by atoms with Gasteiger partial charge in [0.15, 0.2) is 18.2 Å². The Morgan fingerprint density at radius 2 is 2.16 bits per heavy atom. The second-order valence-corrected chi connectivity index (χ2v) is 5.21. The Bertz CT molecular complexity index is 530. The Hall–Kier alpha value is -1.63. The van der Waals surface area contributed by atoms with Gasteiger partial charge in [-0.3, -0.25) is 4.79 Å². The highest BCUT2D eigenvalue weighted by Gasteiger charge is 2.51. The summed E-state index contributed by atoms with van der Waals surface area (Å²) >= 11 is 3.10. The van der Waals surface area contributed by atoms with E-state index in [1.54, 1.807) is 6.07 Å². The fourth-order valence-corrected chi connectivity index (χ4v) is 1.89. The van der Waals surface area contributed by atoms with Crippen LogP contribution in [0.25, 0.3) is 0 Å². The summed E-state index contributed by atoms with van der Waals surface area (Å²) < 4.78 is 19.0. The minimum Gasteiger partial charge on any atom is -0.481 e. The zero-order valence-electron chi connectivity index (χ0n) is 9.78. The number of ether oxygens (including phenoxy) is 1. The van der Waals surface area contributed by atoms with E-state index in [-0.39, 0.29) is 5.75 Å². The third-order valence-electron chi connectivity index (χ3n) is 2.79. The molecule has 1 fully saturated rings. The lowest BCUT2D eigenvalue weighted by Gasteiger charge is -2.13. The molecule has 0 spiro atoms. The summed E-state index contributed by atoms with van der Waals surface area (Å²) in [6, 6.07) is 4.18. The van der Waals surface area contributed by atoms with Crippen LogP contribution in [-0.2, 0) is 9.59 Å². The molecule has 1 amide bonds. The maximum absolute atomic E-state index is 13.4. The molecule has 0 aliphatic heterocycles. The first-order valence-electron chi connectivity index (χ1n) is 5.55. The monoisotopic (exact) mass is 331 g/mol. The van der Waals surface area contributed by atoms with Gasteiger partial charge in [-0.15, -0.1) is 0 Å². The lowest BCUT2D eigenvalue weighted by molar-refractivity contribution is -0.143.